The minimum Gasteiger partial charge on any atom is -0.352 e. The van der Waals surface area contributed by atoms with Crippen LogP contribution in [0.3, 0.4) is 0 Å². The molecule has 5 nitrogen and oxygen atoms in total. The van der Waals surface area contributed by atoms with Gasteiger partial charge in [-0.1, -0.05) is 18.2 Å². The van der Waals surface area contributed by atoms with Crippen molar-refractivity contribution >= 4 is 11.8 Å². The molecule has 0 radical (unpaired) electrons. The highest BCUT2D eigenvalue weighted by Gasteiger charge is 2.21. The first kappa shape index (κ1) is 16.5. The molecule has 120 valence electrons. The zero-order valence-electron chi connectivity index (χ0n) is 13.2. The fraction of sp³-hybridized carbons (Fsp3) is 0.529. The Morgan fingerprint density at radius 2 is 2.05 bits per heavy atom. The Balaban J connectivity index is 1.66. The van der Waals surface area contributed by atoms with Gasteiger partial charge in [0.25, 0.3) is 5.91 Å². The number of hydrogen-bond donors (Lipinski definition) is 2. The van der Waals surface area contributed by atoms with E-state index in [0.717, 1.165) is 25.9 Å². The number of amides is 2. The Bertz CT molecular complexity index is 490. The number of nitrogens with zero attached hydrogens (tertiary/aromatic N) is 1. The number of hydrogen-bond acceptors (Lipinski definition) is 3. The van der Waals surface area contributed by atoms with Crippen molar-refractivity contribution in [3.8, 4) is 0 Å². The number of nitrogens with one attached hydrogen (secondary N) is 2. The van der Waals surface area contributed by atoms with E-state index in [2.05, 4.69) is 10.6 Å². The monoisotopic (exact) mass is 303 g/mol. The zero-order chi connectivity index (χ0) is 15.8. The first-order valence-corrected chi connectivity index (χ1v) is 7.99. The van der Waals surface area contributed by atoms with Crippen molar-refractivity contribution in [2.24, 2.45) is 0 Å². The molecule has 2 amide bonds. The molecule has 1 aromatic rings. The summed E-state index contributed by atoms with van der Waals surface area (Å²) in [6, 6.07) is 9.54. The lowest BCUT2D eigenvalue weighted by molar-refractivity contribution is -0.132. The lowest BCUT2D eigenvalue weighted by atomic mass is 10.1. The number of benzene rings is 1. The molecule has 1 aromatic carbocycles. The van der Waals surface area contributed by atoms with Gasteiger partial charge in [-0.3, -0.25) is 9.59 Å². The Labute approximate surface area is 132 Å². The van der Waals surface area contributed by atoms with E-state index in [1.807, 2.05) is 30.1 Å². The fourth-order valence-electron chi connectivity index (χ4n) is 2.73. The van der Waals surface area contributed by atoms with Crippen LogP contribution in [0.4, 0.5) is 0 Å². The van der Waals surface area contributed by atoms with E-state index in [9.17, 15) is 9.59 Å². The van der Waals surface area contributed by atoms with Crippen LogP contribution in [-0.4, -0.2) is 49.4 Å². The molecule has 0 saturated carbocycles. The van der Waals surface area contributed by atoms with Crippen LogP contribution in [0.25, 0.3) is 0 Å². The van der Waals surface area contributed by atoms with Crippen molar-refractivity contribution in [3.05, 3.63) is 35.9 Å². The standard InChI is InChI=1S/C17H25N3O2/c1-18-15-9-6-12-20(13-15)16(21)10-5-11-19-17(22)14-7-3-2-4-8-14/h2-4,7-8,15,18H,5-6,9-13H2,1H3,(H,19,22). The first-order chi connectivity index (χ1) is 10.7. The fourth-order valence-corrected chi connectivity index (χ4v) is 2.73. The molecule has 1 fully saturated rings. The van der Waals surface area contributed by atoms with E-state index in [1.54, 1.807) is 12.1 Å². The van der Waals surface area contributed by atoms with Gasteiger partial charge in [0.05, 0.1) is 0 Å². The highest BCUT2D eigenvalue weighted by Crippen LogP contribution is 2.11. The summed E-state index contributed by atoms with van der Waals surface area (Å²) in [5.74, 6) is 0.107. The van der Waals surface area contributed by atoms with Crippen LogP contribution in [0.2, 0.25) is 0 Å². The third kappa shape index (κ3) is 4.84. The minimum absolute atomic E-state index is 0.0822. The lowest BCUT2D eigenvalue weighted by Crippen LogP contribution is -2.47. The quantitative estimate of drug-likeness (QED) is 0.781. The molecule has 1 saturated heterocycles. The number of likely N-dealkylation sites (tertiary alicyclic amines) is 1. The summed E-state index contributed by atoms with van der Waals surface area (Å²) in [5.41, 5.74) is 0.654. The summed E-state index contributed by atoms with van der Waals surface area (Å²) in [5, 5.41) is 6.09. The first-order valence-electron chi connectivity index (χ1n) is 7.99. The Hall–Kier alpha value is -1.88. The van der Waals surface area contributed by atoms with Gasteiger partial charge in [0.2, 0.25) is 5.91 Å². The van der Waals surface area contributed by atoms with Crippen LogP contribution in [0, 0.1) is 0 Å². The number of carbonyl (C=O) groups is 2. The van der Waals surface area contributed by atoms with Gasteiger partial charge in [0, 0.05) is 37.7 Å². The summed E-state index contributed by atoms with van der Waals surface area (Å²) < 4.78 is 0. The van der Waals surface area contributed by atoms with Crippen LogP contribution in [0.15, 0.2) is 30.3 Å². The van der Waals surface area contributed by atoms with E-state index in [-0.39, 0.29) is 11.8 Å². The Kier molecular flexibility index (Phi) is 6.40. The molecule has 0 bridgehead atoms. The van der Waals surface area contributed by atoms with Crippen LogP contribution in [0.5, 0.6) is 0 Å². The van der Waals surface area contributed by atoms with Crippen molar-refractivity contribution in [3.63, 3.8) is 0 Å². The Morgan fingerprint density at radius 3 is 2.77 bits per heavy atom. The van der Waals surface area contributed by atoms with Gasteiger partial charge in [-0.15, -0.1) is 0 Å². The molecule has 0 spiro atoms. The molecule has 1 aliphatic rings. The van der Waals surface area contributed by atoms with Gasteiger partial charge < -0.3 is 15.5 Å². The minimum atomic E-state index is -0.0822. The van der Waals surface area contributed by atoms with Gasteiger partial charge in [0.15, 0.2) is 0 Å². The molecule has 1 heterocycles. The van der Waals surface area contributed by atoms with E-state index < -0.39 is 0 Å². The lowest BCUT2D eigenvalue weighted by Gasteiger charge is -2.32. The van der Waals surface area contributed by atoms with Gasteiger partial charge in [-0.25, -0.2) is 0 Å². The second-order valence-electron chi connectivity index (χ2n) is 5.69. The third-order valence-corrected chi connectivity index (χ3v) is 4.07. The van der Waals surface area contributed by atoms with Crippen LogP contribution >= 0.6 is 0 Å². The van der Waals surface area contributed by atoms with E-state index >= 15 is 0 Å². The summed E-state index contributed by atoms with van der Waals surface area (Å²) in [7, 11) is 1.94. The van der Waals surface area contributed by atoms with E-state index in [1.165, 1.54) is 0 Å². The molecular formula is C17H25N3O2. The highest BCUT2D eigenvalue weighted by molar-refractivity contribution is 5.94. The normalized spacial score (nSPS) is 18.0. The molecular weight excluding hydrogens is 278 g/mol. The molecule has 2 rings (SSSR count). The maximum Gasteiger partial charge on any atom is 0.251 e. The summed E-state index contributed by atoms with van der Waals surface area (Å²) in [6.45, 7) is 2.18. The predicted octanol–water partition coefficient (Wildman–Crippen LogP) is 1.41. The van der Waals surface area contributed by atoms with Crippen molar-refractivity contribution < 1.29 is 9.59 Å². The van der Waals surface area contributed by atoms with E-state index in [0.29, 0.717) is 31.0 Å². The van der Waals surface area contributed by atoms with Crippen molar-refractivity contribution in [1.82, 2.24) is 15.5 Å². The largest absolute Gasteiger partial charge is 0.352 e. The molecule has 22 heavy (non-hydrogen) atoms. The summed E-state index contributed by atoms with van der Waals surface area (Å²) in [4.78, 5) is 26.0. The average Bonchev–Trinajstić information content (AvgIpc) is 2.59. The number of piperidine rings is 1. The molecule has 2 N–H and O–H groups in total. The van der Waals surface area contributed by atoms with Gasteiger partial charge >= 0.3 is 0 Å². The number of rotatable bonds is 6. The second kappa shape index (κ2) is 8.54. The molecule has 1 aliphatic heterocycles. The molecule has 0 aliphatic carbocycles. The topological polar surface area (TPSA) is 61.4 Å². The second-order valence-corrected chi connectivity index (χ2v) is 5.69. The van der Waals surface area contributed by atoms with E-state index in [4.69, 9.17) is 0 Å². The van der Waals surface area contributed by atoms with Crippen molar-refractivity contribution in [2.75, 3.05) is 26.7 Å². The molecule has 5 heteroatoms. The third-order valence-electron chi connectivity index (χ3n) is 4.07. The van der Waals surface area contributed by atoms with Gasteiger partial charge in [0.1, 0.15) is 0 Å². The maximum atomic E-state index is 12.2. The molecule has 0 aromatic heterocycles. The van der Waals surface area contributed by atoms with Crippen molar-refractivity contribution in [1.29, 1.82) is 0 Å². The van der Waals surface area contributed by atoms with Gasteiger partial charge in [-0.05, 0) is 38.4 Å². The van der Waals surface area contributed by atoms with Gasteiger partial charge in [-0.2, -0.15) is 0 Å². The number of likely N-dealkylation sites (N-methyl/N-ethyl adjacent to an activating group) is 1. The van der Waals surface area contributed by atoms with Crippen LogP contribution in [-0.2, 0) is 4.79 Å². The summed E-state index contributed by atoms with van der Waals surface area (Å²) >= 11 is 0. The number of carbonyl (C=O) groups excluding carboxylic acids is 2. The highest BCUT2D eigenvalue weighted by atomic mass is 16.2. The Morgan fingerprint density at radius 1 is 1.27 bits per heavy atom. The molecule has 1 atom stereocenters. The zero-order valence-corrected chi connectivity index (χ0v) is 13.2. The summed E-state index contributed by atoms with van der Waals surface area (Å²) in [6.07, 6.45) is 3.36. The average molecular weight is 303 g/mol. The van der Waals surface area contributed by atoms with Crippen LogP contribution in [0.1, 0.15) is 36.0 Å². The maximum absolute atomic E-state index is 12.2. The van der Waals surface area contributed by atoms with Crippen molar-refractivity contribution in [2.45, 2.75) is 31.7 Å². The van der Waals surface area contributed by atoms with Crippen LogP contribution < -0.4 is 10.6 Å². The predicted molar refractivity (Wildman–Crippen MR) is 86.7 cm³/mol. The SMILES string of the molecule is CNC1CCCN(C(=O)CCCNC(=O)c2ccccc2)C1. The smallest absolute Gasteiger partial charge is 0.251 e. The molecule has 1 unspecified atom stereocenters.